The molecular formula is C13H18. The van der Waals surface area contributed by atoms with Gasteiger partial charge in [0.1, 0.15) is 0 Å². The zero-order valence-electron chi connectivity index (χ0n) is 8.64. The van der Waals surface area contributed by atoms with Crippen LogP contribution in [0.3, 0.4) is 0 Å². The molecule has 0 heterocycles. The summed E-state index contributed by atoms with van der Waals surface area (Å²) >= 11 is 0. The third-order valence-electron chi connectivity index (χ3n) is 3.01. The summed E-state index contributed by atoms with van der Waals surface area (Å²) in [5.74, 6) is 0.904. The van der Waals surface area contributed by atoms with Crippen LogP contribution in [0.1, 0.15) is 49.3 Å². The summed E-state index contributed by atoms with van der Waals surface area (Å²) in [7, 11) is 0. The second-order valence-corrected chi connectivity index (χ2v) is 4.01. The van der Waals surface area contributed by atoms with Crippen molar-refractivity contribution in [2.75, 3.05) is 0 Å². The molecule has 0 unspecified atom stereocenters. The molecule has 13 heavy (non-hydrogen) atoms. The van der Waals surface area contributed by atoms with E-state index in [4.69, 9.17) is 0 Å². The average molecular weight is 174 g/mol. The van der Waals surface area contributed by atoms with Gasteiger partial charge in [0, 0.05) is 0 Å². The number of rotatable bonds is 3. The van der Waals surface area contributed by atoms with Crippen molar-refractivity contribution in [3.8, 4) is 0 Å². The normalized spacial score (nSPS) is 16.2. The first-order valence-corrected chi connectivity index (χ1v) is 5.46. The molecule has 1 aliphatic carbocycles. The second-order valence-electron chi connectivity index (χ2n) is 4.01. The van der Waals surface area contributed by atoms with Crippen molar-refractivity contribution in [2.24, 2.45) is 0 Å². The maximum atomic E-state index is 2.40. The van der Waals surface area contributed by atoms with Crippen molar-refractivity contribution in [3.05, 3.63) is 34.9 Å². The van der Waals surface area contributed by atoms with E-state index >= 15 is 0 Å². The van der Waals surface area contributed by atoms with Gasteiger partial charge in [0.15, 0.2) is 0 Å². The van der Waals surface area contributed by atoms with Crippen LogP contribution >= 0.6 is 0 Å². The summed E-state index contributed by atoms with van der Waals surface area (Å²) in [4.78, 5) is 0. The molecule has 0 N–H and O–H groups in total. The Morgan fingerprint density at radius 2 is 1.92 bits per heavy atom. The van der Waals surface area contributed by atoms with Crippen LogP contribution in [-0.2, 0) is 12.8 Å². The molecule has 1 saturated carbocycles. The minimum absolute atomic E-state index is 0.904. The van der Waals surface area contributed by atoms with Crippen molar-refractivity contribution in [1.29, 1.82) is 0 Å². The van der Waals surface area contributed by atoms with E-state index in [2.05, 4.69) is 32.0 Å². The minimum atomic E-state index is 0.904. The van der Waals surface area contributed by atoms with Gasteiger partial charge >= 0.3 is 0 Å². The van der Waals surface area contributed by atoms with Crippen LogP contribution in [0.4, 0.5) is 0 Å². The van der Waals surface area contributed by atoms with Gasteiger partial charge in [0.25, 0.3) is 0 Å². The molecular weight excluding hydrogens is 156 g/mol. The summed E-state index contributed by atoms with van der Waals surface area (Å²) in [6, 6.07) is 7.05. The SMILES string of the molecule is CCc1ccc(C2CC2)c(CC)c1. The van der Waals surface area contributed by atoms with E-state index in [1.54, 1.807) is 11.1 Å². The molecule has 0 saturated heterocycles. The van der Waals surface area contributed by atoms with Crippen LogP contribution in [0, 0.1) is 0 Å². The highest BCUT2D eigenvalue weighted by Gasteiger charge is 2.25. The van der Waals surface area contributed by atoms with E-state index in [0.717, 1.165) is 12.3 Å². The fraction of sp³-hybridized carbons (Fsp3) is 0.538. The molecule has 0 aliphatic heterocycles. The molecule has 1 aromatic rings. The second kappa shape index (κ2) is 3.53. The maximum absolute atomic E-state index is 2.40. The first-order chi connectivity index (χ1) is 6.35. The molecule has 70 valence electrons. The molecule has 0 spiro atoms. The number of benzene rings is 1. The number of aryl methyl sites for hydroxylation is 2. The molecule has 1 aliphatic rings. The van der Waals surface area contributed by atoms with Gasteiger partial charge in [0.05, 0.1) is 0 Å². The lowest BCUT2D eigenvalue weighted by molar-refractivity contribution is 1.01. The zero-order valence-corrected chi connectivity index (χ0v) is 8.64. The third kappa shape index (κ3) is 1.77. The van der Waals surface area contributed by atoms with Crippen molar-refractivity contribution < 1.29 is 0 Å². The van der Waals surface area contributed by atoms with Gasteiger partial charge in [-0.05, 0) is 48.3 Å². The van der Waals surface area contributed by atoms with Crippen LogP contribution in [0.25, 0.3) is 0 Å². The Hall–Kier alpha value is -0.780. The zero-order chi connectivity index (χ0) is 9.26. The lowest BCUT2D eigenvalue weighted by Crippen LogP contribution is -1.92. The topological polar surface area (TPSA) is 0 Å². The minimum Gasteiger partial charge on any atom is -0.0613 e. The van der Waals surface area contributed by atoms with Crippen molar-refractivity contribution in [3.63, 3.8) is 0 Å². The Bertz CT molecular complexity index is 295. The van der Waals surface area contributed by atoms with Crippen molar-refractivity contribution in [2.45, 2.75) is 45.4 Å². The van der Waals surface area contributed by atoms with E-state index < -0.39 is 0 Å². The van der Waals surface area contributed by atoms with Gasteiger partial charge in [-0.3, -0.25) is 0 Å². The predicted octanol–water partition coefficient (Wildman–Crippen LogP) is 3.69. The summed E-state index contributed by atoms with van der Waals surface area (Å²) in [5, 5.41) is 0. The smallest absolute Gasteiger partial charge is 0.0159 e. The van der Waals surface area contributed by atoms with Gasteiger partial charge in [-0.25, -0.2) is 0 Å². The Morgan fingerprint density at radius 3 is 2.46 bits per heavy atom. The van der Waals surface area contributed by atoms with E-state index in [9.17, 15) is 0 Å². The monoisotopic (exact) mass is 174 g/mol. The Kier molecular flexibility index (Phi) is 2.39. The molecule has 0 nitrogen and oxygen atoms in total. The Morgan fingerprint density at radius 1 is 1.15 bits per heavy atom. The number of hydrogen-bond donors (Lipinski definition) is 0. The molecule has 0 aromatic heterocycles. The summed E-state index contributed by atoms with van der Waals surface area (Å²) in [5.41, 5.74) is 4.70. The highest BCUT2D eigenvalue weighted by atomic mass is 14.3. The first-order valence-electron chi connectivity index (χ1n) is 5.46. The van der Waals surface area contributed by atoms with Gasteiger partial charge in [-0.1, -0.05) is 32.0 Å². The third-order valence-corrected chi connectivity index (χ3v) is 3.01. The van der Waals surface area contributed by atoms with Crippen LogP contribution in [-0.4, -0.2) is 0 Å². The van der Waals surface area contributed by atoms with Crippen LogP contribution < -0.4 is 0 Å². The summed E-state index contributed by atoms with van der Waals surface area (Å²) < 4.78 is 0. The standard InChI is InChI=1S/C13H18/c1-3-10-5-8-13(12-6-7-12)11(4-2)9-10/h5,8-9,12H,3-4,6-7H2,1-2H3. The van der Waals surface area contributed by atoms with E-state index in [1.165, 1.54) is 24.8 Å². The fourth-order valence-corrected chi connectivity index (χ4v) is 1.98. The van der Waals surface area contributed by atoms with Crippen LogP contribution in [0.5, 0.6) is 0 Å². The Labute approximate surface area is 81.0 Å². The Balaban J connectivity index is 2.33. The van der Waals surface area contributed by atoms with Gasteiger partial charge < -0.3 is 0 Å². The molecule has 1 aromatic carbocycles. The fourth-order valence-electron chi connectivity index (χ4n) is 1.98. The van der Waals surface area contributed by atoms with Crippen molar-refractivity contribution in [1.82, 2.24) is 0 Å². The van der Waals surface area contributed by atoms with Gasteiger partial charge in [0.2, 0.25) is 0 Å². The largest absolute Gasteiger partial charge is 0.0613 e. The highest BCUT2D eigenvalue weighted by molar-refractivity contribution is 5.36. The summed E-state index contributed by atoms with van der Waals surface area (Å²) in [6.07, 6.45) is 5.19. The number of hydrogen-bond acceptors (Lipinski definition) is 0. The van der Waals surface area contributed by atoms with E-state index in [0.29, 0.717) is 0 Å². The predicted molar refractivity (Wildman–Crippen MR) is 57.2 cm³/mol. The average Bonchev–Trinajstić information content (AvgIpc) is 3.00. The van der Waals surface area contributed by atoms with E-state index in [-0.39, 0.29) is 0 Å². The molecule has 0 radical (unpaired) electrons. The molecule has 0 amide bonds. The summed E-state index contributed by atoms with van der Waals surface area (Å²) in [6.45, 7) is 4.49. The van der Waals surface area contributed by atoms with Gasteiger partial charge in [-0.15, -0.1) is 0 Å². The lowest BCUT2D eigenvalue weighted by atomic mass is 9.98. The van der Waals surface area contributed by atoms with Crippen LogP contribution in [0.2, 0.25) is 0 Å². The molecule has 0 bridgehead atoms. The quantitative estimate of drug-likeness (QED) is 0.655. The lowest BCUT2D eigenvalue weighted by Gasteiger charge is -2.08. The molecule has 1 fully saturated rings. The first kappa shape index (κ1) is 8.80. The molecule has 0 atom stereocenters. The highest BCUT2D eigenvalue weighted by Crippen LogP contribution is 2.41. The molecule has 0 heteroatoms. The van der Waals surface area contributed by atoms with Crippen molar-refractivity contribution >= 4 is 0 Å². The van der Waals surface area contributed by atoms with E-state index in [1.807, 2.05) is 0 Å². The van der Waals surface area contributed by atoms with Crippen LogP contribution in [0.15, 0.2) is 18.2 Å². The van der Waals surface area contributed by atoms with Gasteiger partial charge in [-0.2, -0.15) is 0 Å². The molecule has 2 rings (SSSR count). The maximum Gasteiger partial charge on any atom is -0.0159 e.